The van der Waals surface area contributed by atoms with Crippen molar-refractivity contribution in [2.45, 2.75) is 6.73 Å². The molecule has 0 saturated heterocycles. The first-order valence-electron chi connectivity index (χ1n) is 4.63. The zero-order valence-electron chi connectivity index (χ0n) is 8.11. The fraction of sp³-hybridized carbons (Fsp3) is 0.111. The molecule has 0 unspecified atom stereocenters. The first kappa shape index (κ1) is 8.98. The zero-order valence-corrected chi connectivity index (χ0v) is 8.11. The first-order valence-corrected chi connectivity index (χ1v) is 4.63. The Morgan fingerprint density at radius 3 is 2.94 bits per heavy atom. The monoisotopic (exact) mass is 217 g/mol. The number of fused-ring (bicyclic) bond motifs is 3. The summed E-state index contributed by atoms with van der Waals surface area (Å²) >= 11 is 0. The molecule has 0 aliphatic carbocycles. The molecule has 3 rings (SSSR count). The Hall–Kier alpha value is -2.28. The van der Waals surface area contributed by atoms with Gasteiger partial charge >= 0.3 is 0 Å². The van der Waals surface area contributed by atoms with Crippen LogP contribution in [0.15, 0.2) is 29.1 Å². The maximum Gasteiger partial charge on any atom is 0.264 e. The summed E-state index contributed by atoms with van der Waals surface area (Å²) in [5.41, 5.74) is 0.317. The van der Waals surface area contributed by atoms with Crippen LogP contribution in [0.3, 0.4) is 0 Å². The maximum atomic E-state index is 12.0. The van der Waals surface area contributed by atoms with Crippen molar-refractivity contribution >= 4 is 16.7 Å². The number of nitrogens with zero attached hydrogens (tertiary/aromatic N) is 5. The van der Waals surface area contributed by atoms with Gasteiger partial charge in [-0.1, -0.05) is 17.2 Å². The third-order valence-corrected chi connectivity index (χ3v) is 2.44. The third-order valence-electron chi connectivity index (χ3n) is 2.44. The number of aliphatic hydroxyl groups excluding tert-OH is 1. The summed E-state index contributed by atoms with van der Waals surface area (Å²) in [6, 6.07) is 6.97. The van der Waals surface area contributed by atoms with Gasteiger partial charge in [0.05, 0.1) is 10.9 Å². The van der Waals surface area contributed by atoms with E-state index in [1.54, 1.807) is 24.3 Å². The highest BCUT2D eigenvalue weighted by atomic mass is 16.3. The maximum absolute atomic E-state index is 12.0. The molecule has 0 aliphatic heterocycles. The molecule has 1 aromatic carbocycles. The van der Waals surface area contributed by atoms with E-state index in [1.807, 2.05) is 0 Å². The van der Waals surface area contributed by atoms with Gasteiger partial charge in [0.2, 0.25) is 0 Å². The smallest absolute Gasteiger partial charge is 0.264 e. The number of rotatable bonds is 1. The molecular formula is C9H7N5O2. The number of aromatic nitrogens is 5. The quantitative estimate of drug-likeness (QED) is 0.587. The lowest BCUT2D eigenvalue weighted by Crippen LogP contribution is -2.23. The van der Waals surface area contributed by atoms with Crippen LogP contribution < -0.4 is 5.56 Å². The van der Waals surface area contributed by atoms with Crippen molar-refractivity contribution in [3.63, 3.8) is 0 Å². The van der Waals surface area contributed by atoms with E-state index in [1.165, 1.54) is 4.52 Å². The van der Waals surface area contributed by atoms with E-state index in [2.05, 4.69) is 15.5 Å². The third kappa shape index (κ3) is 0.999. The topological polar surface area (TPSA) is 85.3 Å². The lowest BCUT2D eigenvalue weighted by molar-refractivity contribution is 0.209. The van der Waals surface area contributed by atoms with Crippen molar-refractivity contribution in [2.75, 3.05) is 0 Å². The number of hydrogen-bond donors (Lipinski definition) is 1. The fourth-order valence-corrected chi connectivity index (χ4v) is 1.71. The molecule has 0 saturated carbocycles. The second kappa shape index (κ2) is 3.11. The van der Waals surface area contributed by atoms with Crippen LogP contribution in [0.4, 0.5) is 0 Å². The van der Waals surface area contributed by atoms with Gasteiger partial charge in [0, 0.05) is 0 Å². The van der Waals surface area contributed by atoms with Crippen molar-refractivity contribution in [3.8, 4) is 0 Å². The Bertz CT molecular complexity index is 729. The molecule has 0 radical (unpaired) electrons. The van der Waals surface area contributed by atoms with E-state index in [0.29, 0.717) is 10.9 Å². The van der Waals surface area contributed by atoms with Crippen LogP contribution in [-0.4, -0.2) is 29.7 Å². The average molecular weight is 217 g/mol. The summed E-state index contributed by atoms with van der Waals surface area (Å²) in [6.45, 7) is -0.451. The molecule has 3 aromatic rings. The summed E-state index contributed by atoms with van der Waals surface area (Å²) < 4.78 is 2.54. The molecule has 2 heterocycles. The van der Waals surface area contributed by atoms with Gasteiger partial charge in [-0.05, 0) is 22.6 Å². The van der Waals surface area contributed by atoms with Crippen LogP contribution in [0.25, 0.3) is 16.7 Å². The van der Waals surface area contributed by atoms with Crippen LogP contribution in [0.2, 0.25) is 0 Å². The predicted molar refractivity (Wildman–Crippen MR) is 54.8 cm³/mol. The molecule has 0 aliphatic rings. The second-order valence-electron chi connectivity index (χ2n) is 3.28. The van der Waals surface area contributed by atoms with Gasteiger partial charge < -0.3 is 5.11 Å². The number of hydrogen-bond acceptors (Lipinski definition) is 5. The molecule has 80 valence electrons. The molecule has 7 heteroatoms. The van der Waals surface area contributed by atoms with E-state index >= 15 is 0 Å². The lowest BCUT2D eigenvalue weighted by Gasteiger charge is -2.04. The van der Waals surface area contributed by atoms with E-state index in [-0.39, 0.29) is 11.3 Å². The highest BCUT2D eigenvalue weighted by Gasteiger charge is 2.11. The molecule has 1 N–H and O–H groups in total. The summed E-state index contributed by atoms with van der Waals surface area (Å²) in [4.78, 5) is 12.0. The summed E-state index contributed by atoms with van der Waals surface area (Å²) in [5.74, 6) is 0.228. The fourth-order valence-electron chi connectivity index (χ4n) is 1.71. The second-order valence-corrected chi connectivity index (χ2v) is 3.28. The largest absolute Gasteiger partial charge is 0.376 e. The molecule has 16 heavy (non-hydrogen) atoms. The van der Waals surface area contributed by atoms with E-state index < -0.39 is 6.73 Å². The Labute approximate surface area is 88.5 Å². The van der Waals surface area contributed by atoms with Gasteiger partial charge in [-0.3, -0.25) is 9.36 Å². The van der Waals surface area contributed by atoms with Crippen molar-refractivity contribution < 1.29 is 5.11 Å². The van der Waals surface area contributed by atoms with E-state index in [9.17, 15) is 4.79 Å². The number of tetrazole rings is 1. The Morgan fingerprint density at radius 1 is 1.31 bits per heavy atom. The highest BCUT2D eigenvalue weighted by Crippen LogP contribution is 2.09. The van der Waals surface area contributed by atoms with E-state index in [0.717, 1.165) is 4.57 Å². The minimum atomic E-state index is -0.451. The Balaban J connectivity index is 2.69. The van der Waals surface area contributed by atoms with Crippen molar-refractivity contribution in [1.82, 2.24) is 24.6 Å². The van der Waals surface area contributed by atoms with Crippen LogP contribution in [-0.2, 0) is 6.73 Å². The van der Waals surface area contributed by atoms with Gasteiger partial charge in [-0.25, -0.2) is 0 Å². The van der Waals surface area contributed by atoms with Crippen molar-refractivity contribution in [1.29, 1.82) is 0 Å². The first-order chi connectivity index (χ1) is 7.83. The summed E-state index contributed by atoms with van der Waals surface area (Å²) in [5, 5.41) is 20.6. The standard InChI is InChI=1S/C9H7N5O2/c15-5-13-8(16)6-3-1-2-4-7(6)14-9(13)10-11-12-14/h1-4,15H,5H2. The van der Waals surface area contributed by atoms with Crippen LogP contribution in [0.1, 0.15) is 0 Å². The number of para-hydroxylation sites is 1. The van der Waals surface area contributed by atoms with Crippen LogP contribution in [0.5, 0.6) is 0 Å². The molecule has 0 fully saturated rings. The molecule has 0 atom stereocenters. The number of benzene rings is 1. The minimum absolute atomic E-state index is 0.228. The SMILES string of the molecule is O=c1c2ccccc2n2nnnc2n1CO. The van der Waals surface area contributed by atoms with E-state index in [4.69, 9.17) is 5.11 Å². The summed E-state index contributed by atoms with van der Waals surface area (Å²) in [7, 11) is 0. The Morgan fingerprint density at radius 2 is 2.12 bits per heavy atom. The van der Waals surface area contributed by atoms with Crippen LogP contribution >= 0.6 is 0 Å². The van der Waals surface area contributed by atoms with Gasteiger partial charge in [0.15, 0.2) is 0 Å². The molecule has 0 spiro atoms. The normalized spacial score (nSPS) is 11.3. The van der Waals surface area contributed by atoms with Crippen LogP contribution in [0, 0.1) is 0 Å². The van der Waals surface area contributed by atoms with Gasteiger partial charge in [0.25, 0.3) is 11.3 Å². The molecular weight excluding hydrogens is 210 g/mol. The van der Waals surface area contributed by atoms with Gasteiger partial charge in [0.1, 0.15) is 6.73 Å². The summed E-state index contributed by atoms with van der Waals surface area (Å²) in [6.07, 6.45) is 0. The highest BCUT2D eigenvalue weighted by molar-refractivity contribution is 5.79. The lowest BCUT2D eigenvalue weighted by atomic mass is 10.2. The molecule has 0 amide bonds. The van der Waals surface area contributed by atoms with Gasteiger partial charge in [-0.15, -0.1) is 0 Å². The Kier molecular flexibility index (Phi) is 1.74. The predicted octanol–water partition coefficient (Wildman–Crippen LogP) is -0.611. The molecule has 7 nitrogen and oxygen atoms in total. The van der Waals surface area contributed by atoms with Gasteiger partial charge in [-0.2, -0.15) is 4.52 Å². The van der Waals surface area contributed by atoms with Crippen molar-refractivity contribution in [3.05, 3.63) is 34.6 Å². The number of aliphatic hydroxyl groups is 1. The minimum Gasteiger partial charge on any atom is -0.376 e. The average Bonchev–Trinajstić information content (AvgIpc) is 2.79. The zero-order chi connectivity index (χ0) is 11.1. The molecule has 2 aromatic heterocycles. The van der Waals surface area contributed by atoms with Crippen molar-refractivity contribution in [2.24, 2.45) is 0 Å². The molecule has 0 bridgehead atoms.